The Kier molecular flexibility index (Phi) is 5.28. The molecule has 0 bridgehead atoms. The van der Waals surface area contributed by atoms with Crippen molar-refractivity contribution in [3.63, 3.8) is 0 Å². The molecule has 19 heavy (non-hydrogen) atoms. The van der Waals surface area contributed by atoms with Gasteiger partial charge in [0.25, 0.3) is 0 Å². The third-order valence-corrected chi connectivity index (χ3v) is 2.58. The van der Waals surface area contributed by atoms with E-state index in [0.717, 1.165) is 0 Å². The molecule has 0 saturated heterocycles. The van der Waals surface area contributed by atoms with E-state index < -0.39 is 17.9 Å². The SMILES string of the molecule is Cc1nc(CNC(=O)NCC(C(=O)O)C(C)C)no1. The Hall–Kier alpha value is -2.12. The van der Waals surface area contributed by atoms with E-state index >= 15 is 0 Å². The van der Waals surface area contributed by atoms with Crippen LogP contribution in [0.4, 0.5) is 4.79 Å². The number of amides is 2. The van der Waals surface area contributed by atoms with Gasteiger partial charge in [0.2, 0.25) is 5.89 Å². The van der Waals surface area contributed by atoms with Crippen LogP contribution in [0.5, 0.6) is 0 Å². The monoisotopic (exact) mass is 270 g/mol. The number of hydrogen-bond acceptors (Lipinski definition) is 5. The van der Waals surface area contributed by atoms with Crippen LogP contribution < -0.4 is 10.6 Å². The number of urea groups is 1. The van der Waals surface area contributed by atoms with E-state index in [2.05, 4.69) is 20.8 Å². The van der Waals surface area contributed by atoms with Crippen LogP contribution >= 0.6 is 0 Å². The van der Waals surface area contributed by atoms with Crippen LogP contribution in [-0.2, 0) is 11.3 Å². The molecule has 1 atom stereocenters. The van der Waals surface area contributed by atoms with Crippen LogP contribution in [0.15, 0.2) is 4.52 Å². The van der Waals surface area contributed by atoms with Gasteiger partial charge in [-0.15, -0.1) is 0 Å². The number of nitrogens with zero attached hydrogens (tertiary/aromatic N) is 2. The Morgan fingerprint density at radius 1 is 1.37 bits per heavy atom. The number of rotatable bonds is 6. The lowest BCUT2D eigenvalue weighted by Gasteiger charge is -2.16. The first-order chi connectivity index (χ1) is 8.90. The van der Waals surface area contributed by atoms with Gasteiger partial charge in [-0.3, -0.25) is 4.79 Å². The first kappa shape index (κ1) is 14.9. The molecule has 8 nitrogen and oxygen atoms in total. The van der Waals surface area contributed by atoms with Crippen molar-refractivity contribution in [2.75, 3.05) is 6.54 Å². The highest BCUT2D eigenvalue weighted by Gasteiger charge is 2.21. The van der Waals surface area contributed by atoms with Gasteiger partial charge >= 0.3 is 12.0 Å². The largest absolute Gasteiger partial charge is 0.481 e. The molecule has 2 amide bonds. The first-order valence-electron chi connectivity index (χ1n) is 5.93. The minimum atomic E-state index is -0.927. The normalized spacial score (nSPS) is 12.2. The summed E-state index contributed by atoms with van der Waals surface area (Å²) >= 11 is 0. The van der Waals surface area contributed by atoms with Gasteiger partial charge in [0.15, 0.2) is 5.82 Å². The minimum absolute atomic E-state index is 0.0577. The van der Waals surface area contributed by atoms with Gasteiger partial charge in [0.1, 0.15) is 0 Å². The Bertz CT molecular complexity index is 444. The highest BCUT2D eigenvalue weighted by molar-refractivity contribution is 5.75. The highest BCUT2D eigenvalue weighted by atomic mass is 16.5. The third kappa shape index (κ3) is 4.94. The van der Waals surface area contributed by atoms with Crippen molar-refractivity contribution in [1.82, 2.24) is 20.8 Å². The fraction of sp³-hybridized carbons (Fsp3) is 0.636. The lowest BCUT2D eigenvalue weighted by Crippen LogP contribution is -2.41. The van der Waals surface area contributed by atoms with Gasteiger partial charge in [-0.1, -0.05) is 19.0 Å². The molecular weight excluding hydrogens is 252 g/mol. The van der Waals surface area contributed by atoms with E-state index in [0.29, 0.717) is 11.7 Å². The molecule has 1 rings (SSSR count). The molecule has 106 valence electrons. The van der Waals surface area contributed by atoms with E-state index in [1.807, 2.05) is 0 Å². The number of aryl methyl sites for hydroxylation is 1. The molecule has 3 N–H and O–H groups in total. The molecule has 1 unspecified atom stereocenters. The molecule has 0 radical (unpaired) electrons. The number of nitrogens with one attached hydrogen (secondary N) is 2. The Morgan fingerprint density at radius 2 is 2.05 bits per heavy atom. The predicted molar refractivity (Wildman–Crippen MR) is 65.2 cm³/mol. The van der Waals surface area contributed by atoms with E-state index in [1.165, 1.54) is 0 Å². The molecule has 0 aromatic carbocycles. The van der Waals surface area contributed by atoms with Crippen molar-refractivity contribution in [3.05, 3.63) is 11.7 Å². The summed E-state index contributed by atoms with van der Waals surface area (Å²) in [5.41, 5.74) is 0. The molecule has 0 fully saturated rings. The zero-order chi connectivity index (χ0) is 14.4. The van der Waals surface area contributed by atoms with Crippen LogP contribution in [0.25, 0.3) is 0 Å². The second-order valence-corrected chi connectivity index (χ2v) is 4.48. The lowest BCUT2D eigenvalue weighted by atomic mass is 9.96. The average Bonchev–Trinajstić information content (AvgIpc) is 2.71. The minimum Gasteiger partial charge on any atom is -0.481 e. The molecule has 8 heteroatoms. The molecule has 1 aromatic rings. The fourth-order valence-electron chi connectivity index (χ4n) is 1.45. The highest BCUT2D eigenvalue weighted by Crippen LogP contribution is 2.09. The number of carboxylic acids is 1. The summed E-state index contributed by atoms with van der Waals surface area (Å²) in [6, 6.07) is -0.464. The van der Waals surface area contributed by atoms with Gasteiger partial charge in [-0.25, -0.2) is 4.79 Å². The first-order valence-corrected chi connectivity index (χ1v) is 5.93. The molecule has 1 heterocycles. The van der Waals surface area contributed by atoms with Crippen LogP contribution in [-0.4, -0.2) is 33.8 Å². The van der Waals surface area contributed by atoms with E-state index in [9.17, 15) is 9.59 Å². The summed E-state index contributed by atoms with van der Waals surface area (Å²) in [5, 5.41) is 17.6. The molecule has 0 aliphatic heterocycles. The van der Waals surface area contributed by atoms with E-state index in [4.69, 9.17) is 9.63 Å². The second kappa shape index (κ2) is 6.72. The Morgan fingerprint density at radius 3 is 2.53 bits per heavy atom. The Labute approximate surface area is 110 Å². The number of carboxylic acid groups (broad SMARTS) is 1. The van der Waals surface area contributed by atoms with Gasteiger partial charge < -0.3 is 20.3 Å². The molecule has 1 aromatic heterocycles. The van der Waals surface area contributed by atoms with Gasteiger partial charge in [-0.05, 0) is 5.92 Å². The molecule has 0 spiro atoms. The van der Waals surface area contributed by atoms with Crippen molar-refractivity contribution in [3.8, 4) is 0 Å². The van der Waals surface area contributed by atoms with E-state index in [1.54, 1.807) is 20.8 Å². The van der Waals surface area contributed by atoms with Crippen molar-refractivity contribution >= 4 is 12.0 Å². The Balaban J connectivity index is 2.33. The van der Waals surface area contributed by atoms with Gasteiger partial charge in [0, 0.05) is 13.5 Å². The maximum Gasteiger partial charge on any atom is 0.315 e. The number of aromatic nitrogens is 2. The van der Waals surface area contributed by atoms with Crippen molar-refractivity contribution in [1.29, 1.82) is 0 Å². The summed E-state index contributed by atoms with van der Waals surface area (Å²) in [5.74, 6) is -0.811. The van der Waals surface area contributed by atoms with Gasteiger partial charge in [-0.2, -0.15) is 4.98 Å². The topological polar surface area (TPSA) is 117 Å². The van der Waals surface area contributed by atoms with Crippen molar-refractivity contribution in [2.24, 2.45) is 11.8 Å². The summed E-state index contributed by atoms with van der Waals surface area (Å²) in [4.78, 5) is 26.3. The zero-order valence-corrected chi connectivity index (χ0v) is 11.1. The summed E-state index contributed by atoms with van der Waals surface area (Å²) in [7, 11) is 0. The fourth-order valence-corrected chi connectivity index (χ4v) is 1.45. The number of aliphatic carboxylic acids is 1. The number of carbonyl (C=O) groups excluding carboxylic acids is 1. The lowest BCUT2D eigenvalue weighted by molar-refractivity contribution is -0.142. The van der Waals surface area contributed by atoms with E-state index in [-0.39, 0.29) is 19.0 Å². The quantitative estimate of drug-likeness (QED) is 0.694. The smallest absolute Gasteiger partial charge is 0.315 e. The maximum absolute atomic E-state index is 11.5. The van der Waals surface area contributed by atoms with Crippen LogP contribution in [0.1, 0.15) is 25.6 Å². The third-order valence-electron chi connectivity index (χ3n) is 2.58. The van der Waals surface area contributed by atoms with Gasteiger partial charge in [0.05, 0.1) is 12.5 Å². The standard InChI is InChI=1S/C11H18N4O4/c1-6(2)8(10(16)17)4-12-11(18)13-5-9-14-7(3)19-15-9/h6,8H,4-5H2,1-3H3,(H,16,17)(H2,12,13,18). The predicted octanol–water partition coefficient (Wildman–Crippen LogP) is 0.534. The van der Waals surface area contributed by atoms with Crippen LogP contribution in [0.3, 0.4) is 0 Å². The molecule has 0 aliphatic rings. The van der Waals surface area contributed by atoms with Crippen molar-refractivity contribution < 1.29 is 19.2 Å². The van der Waals surface area contributed by atoms with Crippen molar-refractivity contribution in [2.45, 2.75) is 27.3 Å². The number of hydrogen-bond donors (Lipinski definition) is 3. The summed E-state index contributed by atoms with van der Waals surface area (Å²) in [6.07, 6.45) is 0. The molecule has 0 saturated carbocycles. The number of carbonyl (C=O) groups is 2. The summed E-state index contributed by atoms with van der Waals surface area (Å²) in [6.45, 7) is 5.43. The molecule has 0 aliphatic carbocycles. The zero-order valence-electron chi connectivity index (χ0n) is 11.1. The van der Waals surface area contributed by atoms with Crippen LogP contribution in [0.2, 0.25) is 0 Å². The van der Waals surface area contributed by atoms with Crippen LogP contribution in [0, 0.1) is 18.8 Å². The maximum atomic E-state index is 11.5. The summed E-state index contributed by atoms with van der Waals surface area (Å²) < 4.78 is 4.75. The average molecular weight is 270 g/mol. The second-order valence-electron chi connectivity index (χ2n) is 4.48. The molecular formula is C11H18N4O4.